The predicted molar refractivity (Wildman–Crippen MR) is 98.7 cm³/mol. The topological polar surface area (TPSA) is 91.6 Å². The second-order valence-corrected chi connectivity index (χ2v) is 7.05. The van der Waals surface area contributed by atoms with E-state index in [1.807, 2.05) is 0 Å². The molecule has 1 aliphatic heterocycles. The van der Waals surface area contributed by atoms with Crippen LogP contribution in [0.25, 0.3) is 0 Å². The maximum absolute atomic E-state index is 14.2. The molecular formula is C18H21ClFN5O3. The molecule has 2 amide bonds. The van der Waals surface area contributed by atoms with E-state index in [9.17, 15) is 14.0 Å². The number of carbonyl (C=O) groups excluding carboxylic acids is 2. The molecule has 8 nitrogen and oxygen atoms in total. The molecule has 28 heavy (non-hydrogen) atoms. The Bertz CT molecular complexity index is 854. The number of halogens is 2. The Kier molecular flexibility index (Phi) is 6.25. The van der Waals surface area contributed by atoms with E-state index in [0.29, 0.717) is 35.5 Å². The van der Waals surface area contributed by atoms with Gasteiger partial charge in [-0.1, -0.05) is 17.7 Å². The Labute approximate surface area is 166 Å². The first-order chi connectivity index (χ1) is 13.3. The monoisotopic (exact) mass is 409 g/mol. The van der Waals surface area contributed by atoms with Gasteiger partial charge in [0, 0.05) is 44.2 Å². The van der Waals surface area contributed by atoms with Crippen molar-refractivity contribution in [3.8, 4) is 0 Å². The second-order valence-electron chi connectivity index (χ2n) is 6.65. The Morgan fingerprint density at radius 2 is 2.25 bits per heavy atom. The Morgan fingerprint density at radius 3 is 2.93 bits per heavy atom. The van der Waals surface area contributed by atoms with E-state index < -0.39 is 11.9 Å². The Morgan fingerprint density at radius 1 is 1.46 bits per heavy atom. The summed E-state index contributed by atoms with van der Waals surface area (Å²) in [4.78, 5) is 28.2. The zero-order valence-electron chi connectivity index (χ0n) is 15.6. The van der Waals surface area contributed by atoms with Crippen LogP contribution in [0.5, 0.6) is 0 Å². The van der Waals surface area contributed by atoms with Crippen molar-refractivity contribution in [2.45, 2.75) is 32.5 Å². The summed E-state index contributed by atoms with van der Waals surface area (Å²) in [6, 6.07) is 3.73. The maximum Gasteiger partial charge on any atom is 0.237 e. The van der Waals surface area contributed by atoms with Crippen LogP contribution in [0.3, 0.4) is 0 Å². The van der Waals surface area contributed by atoms with Gasteiger partial charge in [0.2, 0.25) is 23.6 Å². The van der Waals surface area contributed by atoms with Crippen LogP contribution in [0.4, 0.5) is 4.39 Å². The number of aryl methyl sites for hydroxylation is 1. The lowest BCUT2D eigenvalue weighted by molar-refractivity contribution is -0.138. The van der Waals surface area contributed by atoms with Gasteiger partial charge < -0.3 is 14.6 Å². The molecule has 1 aromatic carbocycles. The quantitative estimate of drug-likeness (QED) is 0.777. The molecule has 0 aliphatic carbocycles. The average molecular weight is 410 g/mol. The van der Waals surface area contributed by atoms with E-state index in [1.54, 1.807) is 24.9 Å². The number of piperazine rings is 1. The average Bonchev–Trinajstić information content (AvgIpc) is 3.05. The fourth-order valence-corrected chi connectivity index (χ4v) is 3.30. The van der Waals surface area contributed by atoms with Crippen molar-refractivity contribution in [3.05, 3.63) is 46.4 Å². The van der Waals surface area contributed by atoms with Gasteiger partial charge in [0.15, 0.2) is 0 Å². The molecule has 10 heteroatoms. The molecule has 1 saturated heterocycles. The van der Waals surface area contributed by atoms with Crippen molar-refractivity contribution in [1.29, 1.82) is 0 Å². The molecule has 1 fully saturated rings. The molecule has 0 saturated carbocycles. The van der Waals surface area contributed by atoms with Crippen molar-refractivity contribution in [1.82, 2.24) is 25.3 Å². The number of amides is 2. The molecule has 1 N–H and O–H groups in total. The lowest BCUT2D eigenvalue weighted by Gasteiger charge is -2.35. The molecule has 1 atom stereocenters. The number of benzene rings is 1. The van der Waals surface area contributed by atoms with Crippen molar-refractivity contribution in [2.24, 2.45) is 0 Å². The molecule has 1 unspecified atom stereocenters. The molecule has 1 aliphatic rings. The first-order valence-corrected chi connectivity index (χ1v) is 9.20. The number of nitrogens with zero attached hydrogens (tertiary/aromatic N) is 4. The third kappa shape index (κ3) is 4.66. The van der Waals surface area contributed by atoms with Crippen LogP contribution in [0.15, 0.2) is 22.6 Å². The molecule has 2 heterocycles. The highest BCUT2D eigenvalue weighted by Gasteiger charge is 2.33. The normalized spacial score (nSPS) is 17.4. The lowest BCUT2D eigenvalue weighted by atomic mass is 10.1. The van der Waals surface area contributed by atoms with Gasteiger partial charge in [-0.2, -0.15) is 0 Å². The van der Waals surface area contributed by atoms with E-state index in [1.165, 1.54) is 17.0 Å². The molecule has 0 spiro atoms. The zero-order valence-corrected chi connectivity index (χ0v) is 16.4. The van der Waals surface area contributed by atoms with E-state index in [0.717, 1.165) is 0 Å². The van der Waals surface area contributed by atoms with Crippen LogP contribution in [0.2, 0.25) is 5.02 Å². The van der Waals surface area contributed by atoms with E-state index in [4.69, 9.17) is 16.0 Å². The number of hydrogen-bond acceptors (Lipinski definition) is 6. The molecule has 2 aromatic rings. The van der Waals surface area contributed by atoms with Crippen LogP contribution in [0, 0.1) is 12.7 Å². The van der Waals surface area contributed by atoms with Crippen molar-refractivity contribution >= 4 is 23.4 Å². The van der Waals surface area contributed by atoms with Gasteiger partial charge in [-0.15, -0.1) is 10.2 Å². The summed E-state index contributed by atoms with van der Waals surface area (Å²) >= 11 is 6.12. The van der Waals surface area contributed by atoms with Crippen molar-refractivity contribution in [2.75, 3.05) is 20.1 Å². The highest BCUT2D eigenvalue weighted by atomic mass is 35.5. The number of nitrogens with one attached hydrogen (secondary N) is 1. The second kappa shape index (κ2) is 8.66. The fraction of sp³-hybridized carbons (Fsp3) is 0.444. The van der Waals surface area contributed by atoms with Gasteiger partial charge in [-0.25, -0.2) is 4.39 Å². The first-order valence-electron chi connectivity index (χ1n) is 8.82. The van der Waals surface area contributed by atoms with Crippen molar-refractivity contribution in [3.63, 3.8) is 0 Å². The van der Waals surface area contributed by atoms with Gasteiger partial charge in [0.25, 0.3) is 0 Å². The van der Waals surface area contributed by atoms with Crippen molar-refractivity contribution < 1.29 is 18.4 Å². The maximum atomic E-state index is 14.2. The van der Waals surface area contributed by atoms with Crippen LogP contribution >= 0.6 is 11.6 Å². The molecule has 0 bridgehead atoms. The van der Waals surface area contributed by atoms with Gasteiger partial charge in [0.1, 0.15) is 5.82 Å². The summed E-state index contributed by atoms with van der Waals surface area (Å²) in [5, 5.41) is 10.6. The van der Waals surface area contributed by atoms with Crippen LogP contribution in [-0.4, -0.2) is 58.0 Å². The SMILES string of the molecule is Cc1nnc(CN(C)C(=O)CC2C(=O)NCCN2Cc2c(F)cccc2Cl)o1. The fourth-order valence-electron chi connectivity index (χ4n) is 3.07. The van der Waals surface area contributed by atoms with Gasteiger partial charge in [-0.3, -0.25) is 14.5 Å². The molecule has 3 rings (SSSR count). The smallest absolute Gasteiger partial charge is 0.237 e. The summed E-state index contributed by atoms with van der Waals surface area (Å²) in [7, 11) is 1.60. The van der Waals surface area contributed by atoms with Crippen LogP contribution in [0.1, 0.15) is 23.8 Å². The summed E-state index contributed by atoms with van der Waals surface area (Å²) in [6.45, 7) is 2.86. The summed E-state index contributed by atoms with van der Waals surface area (Å²) in [5.74, 6) is -0.240. The number of carbonyl (C=O) groups is 2. The third-order valence-corrected chi connectivity index (χ3v) is 4.95. The highest BCUT2D eigenvalue weighted by molar-refractivity contribution is 6.31. The number of rotatable bonds is 6. The number of aromatic nitrogens is 2. The summed E-state index contributed by atoms with van der Waals surface area (Å²) in [5.41, 5.74) is 0.311. The van der Waals surface area contributed by atoms with E-state index in [-0.39, 0.29) is 31.3 Å². The molecule has 1 aromatic heterocycles. The third-order valence-electron chi connectivity index (χ3n) is 4.60. The number of hydrogen-bond donors (Lipinski definition) is 1. The standard InChI is InChI=1S/C18H21ClFN5O3/c1-11-22-23-16(28-11)10-24(2)17(26)8-15-18(27)21-6-7-25(15)9-12-13(19)4-3-5-14(12)20/h3-5,15H,6-10H2,1-2H3,(H,21,27). The zero-order chi connectivity index (χ0) is 20.3. The van der Waals surface area contributed by atoms with Gasteiger partial charge >= 0.3 is 0 Å². The van der Waals surface area contributed by atoms with Gasteiger partial charge in [-0.05, 0) is 12.1 Å². The lowest BCUT2D eigenvalue weighted by Crippen LogP contribution is -2.56. The molecule has 150 valence electrons. The minimum absolute atomic E-state index is 0.0540. The van der Waals surface area contributed by atoms with Crippen LogP contribution in [-0.2, 0) is 22.7 Å². The van der Waals surface area contributed by atoms with E-state index >= 15 is 0 Å². The highest BCUT2D eigenvalue weighted by Crippen LogP contribution is 2.23. The van der Waals surface area contributed by atoms with Crippen LogP contribution < -0.4 is 5.32 Å². The van der Waals surface area contributed by atoms with E-state index in [2.05, 4.69) is 15.5 Å². The summed E-state index contributed by atoms with van der Waals surface area (Å²) in [6.07, 6.45) is -0.0540. The largest absolute Gasteiger partial charge is 0.424 e. The first kappa shape index (κ1) is 20.2. The minimum atomic E-state index is -0.719. The predicted octanol–water partition coefficient (Wildman–Crippen LogP) is 1.52. The summed E-state index contributed by atoms with van der Waals surface area (Å²) < 4.78 is 19.4. The Balaban J connectivity index is 1.70. The van der Waals surface area contributed by atoms with Gasteiger partial charge in [0.05, 0.1) is 19.0 Å². The molecular weight excluding hydrogens is 389 g/mol. The molecule has 0 radical (unpaired) electrons. The minimum Gasteiger partial charge on any atom is -0.424 e. The Hall–Kier alpha value is -2.52.